The van der Waals surface area contributed by atoms with Crippen LogP contribution in [0.1, 0.15) is 194 Å². The molecule has 0 saturated heterocycles. The fraction of sp³-hybridized carbons (Fsp3) is 0.629. The molecule has 0 amide bonds. The third kappa shape index (κ3) is 53.3. The first kappa shape index (κ1) is 66.7. The number of likely N-dealkylation sites (N-methyl/N-ethyl adjacent to an activating group) is 1. The van der Waals surface area contributed by atoms with Crippen LogP contribution in [-0.4, -0.2) is 87.4 Å². The molecule has 0 fully saturated rings. The van der Waals surface area contributed by atoms with E-state index in [1.54, 1.807) is 0 Å². The van der Waals surface area contributed by atoms with E-state index in [-0.39, 0.29) is 38.6 Å². The molecule has 1 N–H and O–H groups in total. The zero-order chi connectivity index (χ0) is 52.0. The summed E-state index contributed by atoms with van der Waals surface area (Å²) in [5.74, 6) is -2.11. The van der Waals surface area contributed by atoms with Crippen LogP contribution in [-0.2, 0) is 33.3 Å². The zero-order valence-electron chi connectivity index (χ0n) is 45.6. The number of carbonyl (C=O) groups is 3. The fourth-order valence-electron chi connectivity index (χ4n) is 6.95. The lowest BCUT2D eigenvalue weighted by Crippen LogP contribution is -2.40. The maximum absolute atomic E-state index is 12.8. The highest BCUT2D eigenvalue weighted by atomic mass is 16.7. The highest BCUT2D eigenvalue weighted by molar-refractivity contribution is 5.71. The standard InChI is InChI=1S/C62H101NO8/c1-6-8-10-12-14-16-18-20-22-24-25-26-27-28-29-30-31-32-33-34-35-37-39-41-43-45-47-49-51-53-60(65)71-58(57-70-62(61(66)67)68-55-54-63(3,4)5)56-69-59(64)52-50-48-46-44-42-40-38-36-23-21-19-17-15-13-11-9-7-2/h8,10,14,16,20-23,25-26,28-29,31-32,34-35,39,41,45,47,58,62H,6-7,9,11-13,15,17-19,24,27,30,33,36-38,40,42-44,46,48-57H2,1-5H3/p+1/b10-8-,16-14-,22-20-,23-21-,26-25-,29-28-,32-31-,35-34-,41-39-,47-45-. The minimum Gasteiger partial charge on any atom is -0.477 e. The Morgan fingerprint density at radius 1 is 0.437 bits per heavy atom. The van der Waals surface area contributed by atoms with Crippen LogP contribution >= 0.6 is 0 Å². The molecule has 0 aromatic heterocycles. The number of aliphatic carboxylic acids is 1. The minimum absolute atomic E-state index is 0.169. The number of rotatable bonds is 49. The maximum atomic E-state index is 12.8. The Hall–Kier alpha value is -4.31. The molecule has 2 atom stereocenters. The molecule has 71 heavy (non-hydrogen) atoms. The fourth-order valence-corrected chi connectivity index (χ4v) is 6.95. The van der Waals surface area contributed by atoms with Gasteiger partial charge in [-0.1, -0.05) is 200 Å². The van der Waals surface area contributed by atoms with Crippen molar-refractivity contribution < 1.29 is 42.9 Å². The molecule has 0 bridgehead atoms. The molecule has 9 nitrogen and oxygen atoms in total. The summed E-state index contributed by atoms with van der Waals surface area (Å²) in [6.07, 6.45) is 69.9. The van der Waals surface area contributed by atoms with Crippen LogP contribution in [0.15, 0.2) is 122 Å². The highest BCUT2D eigenvalue weighted by Crippen LogP contribution is 2.13. The lowest BCUT2D eigenvalue weighted by Gasteiger charge is -2.25. The van der Waals surface area contributed by atoms with E-state index in [1.165, 1.54) is 64.2 Å². The molecule has 2 unspecified atom stereocenters. The molecule has 0 rings (SSSR count). The van der Waals surface area contributed by atoms with Crippen molar-refractivity contribution in [2.75, 3.05) is 47.5 Å². The van der Waals surface area contributed by atoms with Gasteiger partial charge in [0, 0.05) is 12.8 Å². The van der Waals surface area contributed by atoms with E-state index in [1.807, 2.05) is 21.1 Å². The molecule has 0 saturated carbocycles. The third-order valence-corrected chi connectivity index (χ3v) is 11.2. The van der Waals surface area contributed by atoms with Crippen LogP contribution in [0.25, 0.3) is 0 Å². The molecule has 0 aliphatic rings. The van der Waals surface area contributed by atoms with E-state index < -0.39 is 24.3 Å². The molecule has 0 heterocycles. The van der Waals surface area contributed by atoms with Gasteiger partial charge in [-0.15, -0.1) is 0 Å². The quantitative estimate of drug-likeness (QED) is 0.0211. The van der Waals surface area contributed by atoms with E-state index in [9.17, 15) is 19.5 Å². The summed E-state index contributed by atoms with van der Waals surface area (Å²) >= 11 is 0. The van der Waals surface area contributed by atoms with Gasteiger partial charge in [-0.2, -0.15) is 0 Å². The van der Waals surface area contributed by atoms with Crippen LogP contribution in [0.5, 0.6) is 0 Å². The summed E-state index contributed by atoms with van der Waals surface area (Å²) in [6.45, 7) is 4.67. The molecule has 402 valence electrons. The van der Waals surface area contributed by atoms with Gasteiger partial charge in [0.15, 0.2) is 6.10 Å². The Bertz CT molecular complexity index is 1570. The predicted molar refractivity (Wildman–Crippen MR) is 299 cm³/mol. The molecule has 0 radical (unpaired) electrons. The number of allylic oxidation sites excluding steroid dienone is 20. The van der Waals surface area contributed by atoms with Crippen molar-refractivity contribution in [1.82, 2.24) is 0 Å². The number of unbranched alkanes of at least 4 members (excludes halogenated alkanes) is 14. The van der Waals surface area contributed by atoms with Gasteiger partial charge in [0.05, 0.1) is 34.4 Å². The summed E-state index contributed by atoms with van der Waals surface area (Å²) in [6, 6.07) is 0. The van der Waals surface area contributed by atoms with E-state index in [4.69, 9.17) is 18.9 Å². The second-order valence-electron chi connectivity index (χ2n) is 19.2. The molecule has 0 aliphatic carbocycles. The van der Waals surface area contributed by atoms with Crippen molar-refractivity contribution in [2.45, 2.75) is 206 Å². The Balaban J connectivity index is 4.44. The number of esters is 2. The Morgan fingerprint density at radius 2 is 0.817 bits per heavy atom. The summed E-state index contributed by atoms with van der Waals surface area (Å²) in [4.78, 5) is 37.3. The maximum Gasteiger partial charge on any atom is 0.361 e. The monoisotopic (exact) mass is 989 g/mol. The third-order valence-electron chi connectivity index (χ3n) is 11.2. The van der Waals surface area contributed by atoms with E-state index in [0.717, 1.165) is 89.9 Å². The minimum atomic E-state index is -1.53. The summed E-state index contributed by atoms with van der Waals surface area (Å²) in [5, 5.41) is 9.68. The topological polar surface area (TPSA) is 108 Å². The van der Waals surface area contributed by atoms with Gasteiger partial charge in [0.25, 0.3) is 6.29 Å². The van der Waals surface area contributed by atoms with Crippen LogP contribution in [0, 0.1) is 0 Å². The van der Waals surface area contributed by atoms with Gasteiger partial charge >= 0.3 is 17.9 Å². The number of carboxylic acids is 1. The normalized spacial score (nSPS) is 13.8. The SMILES string of the molecule is CC/C=C\C/C=C\C/C=C\C/C=C\C/C=C\C/C=C\C/C=C\C/C=C\C/C=C\CCCC(=O)OC(COC(=O)CCCCCCCCC/C=C\CCCCCCCC)COC(OCC[N+](C)(C)C)C(=O)O. The first-order valence-electron chi connectivity index (χ1n) is 27.7. The van der Waals surface area contributed by atoms with Crippen molar-refractivity contribution >= 4 is 17.9 Å². The van der Waals surface area contributed by atoms with Crippen LogP contribution in [0.3, 0.4) is 0 Å². The largest absolute Gasteiger partial charge is 0.477 e. The molecule has 0 aliphatic heterocycles. The van der Waals surface area contributed by atoms with Gasteiger partial charge in [0.1, 0.15) is 13.2 Å². The van der Waals surface area contributed by atoms with Gasteiger partial charge < -0.3 is 28.5 Å². The van der Waals surface area contributed by atoms with Crippen LogP contribution in [0.4, 0.5) is 0 Å². The molecule has 0 spiro atoms. The number of hydrogen-bond acceptors (Lipinski definition) is 7. The highest BCUT2D eigenvalue weighted by Gasteiger charge is 2.25. The number of hydrogen-bond donors (Lipinski definition) is 1. The number of nitrogens with zero attached hydrogens (tertiary/aromatic N) is 1. The second kappa shape index (κ2) is 52.0. The molecule has 9 heteroatoms. The summed E-state index contributed by atoms with van der Waals surface area (Å²) < 4.78 is 22.8. The zero-order valence-corrected chi connectivity index (χ0v) is 45.6. The number of ether oxygens (including phenoxy) is 4. The average Bonchev–Trinajstić information content (AvgIpc) is 3.34. The van der Waals surface area contributed by atoms with Gasteiger partial charge in [0.2, 0.25) is 0 Å². The first-order valence-corrected chi connectivity index (χ1v) is 27.7. The van der Waals surface area contributed by atoms with Crippen molar-refractivity contribution in [3.05, 3.63) is 122 Å². The molecule has 0 aromatic carbocycles. The lowest BCUT2D eigenvalue weighted by atomic mass is 10.1. The van der Waals surface area contributed by atoms with Gasteiger partial charge in [-0.05, 0) is 103 Å². The van der Waals surface area contributed by atoms with Crippen LogP contribution in [0.2, 0.25) is 0 Å². The van der Waals surface area contributed by atoms with E-state index in [0.29, 0.717) is 23.9 Å². The molecular formula is C62H102NO8+. The lowest BCUT2D eigenvalue weighted by molar-refractivity contribution is -0.870. The van der Waals surface area contributed by atoms with Crippen LogP contribution < -0.4 is 0 Å². The summed E-state index contributed by atoms with van der Waals surface area (Å²) in [7, 11) is 5.93. The van der Waals surface area contributed by atoms with E-state index >= 15 is 0 Å². The predicted octanol–water partition coefficient (Wildman–Crippen LogP) is 16.1. The Labute approximate surface area is 434 Å². The first-order chi connectivity index (χ1) is 34.6. The number of carboxylic acid groups (broad SMARTS) is 1. The van der Waals surface area contributed by atoms with Crippen molar-refractivity contribution in [1.29, 1.82) is 0 Å². The summed E-state index contributed by atoms with van der Waals surface area (Å²) in [5.41, 5.74) is 0. The van der Waals surface area contributed by atoms with Gasteiger partial charge in [-0.25, -0.2) is 4.79 Å². The second-order valence-corrected chi connectivity index (χ2v) is 19.2. The van der Waals surface area contributed by atoms with Crippen molar-refractivity contribution in [3.63, 3.8) is 0 Å². The van der Waals surface area contributed by atoms with E-state index in [2.05, 4.69) is 135 Å². The van der Waals surface area contributed by atoms with Crippen molar-refractivity contribution in [2.24, 2.45) is 0 Å². The van der Waals surface area contributed by atoms with Crippen molar-refractivity contribution in [3.8, 4) is 0 Å². The average molecular weight is 989 g/mol. The Morgan fingerprint density at radius 3 is 1.25 bits per heavy atom. The Kier molecular flexibility index (Phi) is 48.9. The smallest absolute Gasteiger partial charge is 0.361 e. The van der Waals surface area contributed by atoms with Gasteiger partial charge in [-0.3, -0.25) is 9.59 Å². The molecule has 0 aromatic rings. The number of quaternary nitrogens is 1. The number of carbonyl (C=O) groups excluding carboxylic acids is 2. The molecular weight excluding hydrogens is 887 g/mol.